The van der Waals surface area contributed by atoms with E-state index in [0.29, 0.717) is 11.8 Å². The summed E-state index contributed by atoms with van der Waals surface area (Å²) >= 11 is 1.30. The Labute approximate surface area is 162 Å². The van der Waals surface area contributed by atoms with Gasteiger partial charge in [-0.1, -0.05) is 39.3 Å². The zero-order valence-electron chi connectivity index (χ0n) is 16.4. The highest BCUT2D eigenvalue weighted by Gasteiger charge is 2.15. The third-order valence-corrected chi connectivity index (χ3v) is 5.19. The Bertz CT molecular complexity index is 637. The van der Waals surface area contributed by atoms with Crippen molar-refractivity contribution < 1.29 is 13.7 Å². The molecule has 2 unspecified atom stereocenters. The molecule has 4 heteroatoms. The molecule has 0 heterocycles. The second-order valence-electron chi connectivity index (χ2n) is 6.75. The molecule has 0 spiro atoms. The molecule has 0 aliphatic heterocycles. The molecule has 3 nitrogen and oxygen atoms in total. The van der Waals surface area contributed by atoms with E-state index in [2.05, 4.69) is 32.9 Å². The molecule has 0 aromatic heterocycles. The van der Waals surface area contributed by atoms with Gasteiger partial charge < -0.3 is 9.47 Å². The summed E-state index contributed by atoms with van der Waals surface area (Å²) in [5, 5.41) is 0. The van der Waals surface area contributed by atoms with E-state index in [9.17, 15) is 0 Å². The van der Waals surface area contributed by atoms with E-state index in [0.717, 1.165) is 16.4 Å². The number of hydrogen-bond donors (Lipinski definition) is 0. The van der Waals surface area contributed by atoms with Crippen LogP contribution in [0.5, 0.6) is 11.5 Å². The van der Waals surface area contributed by atoms with E-state index in [1.165, 1.54) is 30.4 Å². The average molecular weight is 375 g/mol. The van der Waals surface area contributed by atoms with Crippen LogP contribution in [0.1, 0.15) is 52.0 Å². The van der Waals surface area contributed by atoms with Gasteiger partial charge in [0.05, 0.1) is 7.11 Å². The summed E-state index contributed by atoms with van der Waals surface area (Å²) in [6, 6.07) is 16.2. The van der Waals surface area contributed by atoms with E-state index < -0.39 is 0 Å². The van der Waals surface area contributed by atoms with Crippen LogP contribution in [0.3, 0.4) is 0 Å². The predicted octanol–water partition coefficient (Wildman–Crippen LogP) is 6.68. The van der Waals surface area contributed by atoms with Crippen LogP contribution in [0.4, 0.5) is 0 Å². The van der Waals surface area contributed by atoms with Gasteiger partial charge in [-0.3, -0.25) is 4.18 Å². The molecule has 2 aromatic rings. The van der Waals surface area contributed by atoms with Gasteiger partial charge in [0, 0.05) is 16.9 Å². The van der Waals surface area contributed by atoms with Gasteiger partial charge in [-0.15, -0.1) is 0 Å². The van der Waals surface area contributed by atoms with Gasteiger partial charge in [0.15, 0.2) is 0 Å². The molecular weight excluding hydrogens is 344 g/mol. The molecule has 142 valence electrons. The summed E-state index contributed by atoms with van der Waals surface area (Å²) in [6.45, 7) is 8.72. The first-order valence-corrected chi connectivity index (χ1v) is 10.0. The van der Waals surface area contributed by atoms with Gasteiger partial charge >= 0.3 is 0 Å². The first-order chi connectivity index (χ1) is 12.5. The lowest BCUT2D eigenvalue weighted by molar-refractivity contribution is 0.0404. The molecule has 26 heavy (non-hydrogen) atoms. The summed E-state index contributed by atoms with van der Waals surface area (Å²) < 4.78 is 16.7. The lowest BCUT2D eigenvalue weighted by Gasteiger charge is -2.21. The van der Waals surface area contributed by atoms with E-state index in [1.54, 1.807) is 7.11 Å². The number of rotatable bonds is 10. The van der Waals surface area contributed by atoms with Crippen molar-refractivity contribution in [2.45, 2.75) is 57.6 Å². The maximum atomic E-state index is 5.87. The van der Waals surface area contributed by atoms with Gasteiger partial charge in [-0.2, -0.15) is 0 Å². The zero-order chi connectivity index (χ0) is 18.9. The Morgan fingerprint density at radius 1 is 0.885 bits per heavy atom. The second kappa shape index (κ2) is 10.5. The van der Waals surface area contributed by atoms with Gasteiger partial charge in [0.2, 0.25) is 6.29 Å². The van der Waals surface area contributed by atoms with Crippen molar-refractivity contribution >= 4 is 12.0 Å². The minimum Gasteiger partial charge on any atom is -0.497 e. The Balaban J connectivity index is 1.87. The summed E-state index contributed by atoms with van der Waals surface area (Å²) in [4.78, 5) is 1.01. The average Bonchev–Trinajstić information content (AvgIpc) is 2.65. The monoisotopic (exact) mass is 374 g/mol. The van der Waals surface area contributed by atoms with Crippen molar-refractivity contribution in [1.82, 2.24) is 0 Å². The molecule has 0 saturated heterocycles. The maximum Gasteiger partial charge on any atom is 0.209 e. The first-order valence-electron chi connectivity index (χ1n) is 9.27. The number of ether oxygens (including phenoxy) is 2. The lowest BCUT2D eigenvalue weighted by Crippen LogP contribution is -2.13. The minimum absolute atomic E-state index is 0.343. The van der Waals surface area contributed by atoms with Gasteiger partial charge in [0.1, 0.15) is 11.5 Å². The Kier molecular flexibility index (Phi) is 8.33. The van der Waals surface area contributed by atoms with Crippen LogP contribution in [0, 0.1) is 5.92 Å². The second-order valence-corrected chi connectivity index (χ2v) is 7.58. The van der Waals surface area contributed by atoms with Gasteiger partial charge in [0.25, 0.3) is 0 Å². The SMILES string of the molecule is CCCC(c1ccc(OC(C)OSc2ccc(OC)cc2)cc1)C(C)C. The van der Waals surface area contributed by atoms with Crippen molar-refractivity contribution in [2.75, 3.05) is 7.11 Å². The fraction of sp³-hybridized carbons (Fsp3) is 0.455. The molecule has 2 aromatic carbocycles. The Morgan fingerprint density at radius 2 is 1.50 bits per heavy atom. The quantitative estimate of drug-likeness (QED) is 0.342. The standard InChI is InChI=1S/C22H30O3S/c1-6-7-22(16(2)3)18-8-10-20(11-9-18)24-17(4)25-26-21-14-12-19(23-5)13-15-21/h8-17,22H,6-7H2,1-5H3. The van der Waals surface area contributed by atoms with Gasteiger partial charge in [-0.25, -0.2) is 0 Å². The molecule has 0 aliphatic carbocycles. The van der Waals surface area contributed by atoms with Gasteiger partial charge in [-0.05, 0) is 67.1 Å². The van der Waals surface area contributed by atoms with Crippen molar-refractivity contribution in [3.63, 3.8) is 0 Å². The lowest BCUT2D eigenvalue weighted by atomic mass is 9.85. The van der Waals surface area contributed by atoms with Crippen molar-refractivity contribution in [2.24, 2.45) is 5.92 Å². The number of methoxy groups -OCH3 is 1. The Morgan fingerprint density at radius 3 is 2.04 bits per heavy atom. The van der Waals surface area contributed by atoms with E-state index >= 15 is 0 Å². The molecule has 0 amide bonds. The summed E-state index contributed by atoms with van der Waals surface area (Å²) in [6.07, 6.45) is 2.08. The van der Waals surface area contributed by atoms with E-state index in [4.69, 9.17) is 13.7 Å². The topological polar surface area (TPSA) is 27.7 Å². The molecular formula is C22H30O3S. The molecule has 0 radical (unpaired) electrons. The molecule has 0 bridgehead atoms. The first kappa shape index (κ1) is 20.7. The number of hydrogen-bond acceptors (Lipinski definition) is 4. The van der Waals surface area contributed by atoms with E-state index in [-0.39, 0.29) is 6.29 Å². The predicted molar refractivity (Wildman–Crippen MR) is 109 cm³/mol. The highest BCUT2D eigenvalue weighted by atomic mass is 32.2. The van der Waals surface area contributed by atoms with E-state index in [1.807, 2.05) is 43.3 Å². The largest absolute Gasteiger partial charge is 0.497 e. The normalized spacial score (nSPS) is 13.5. The zero-order valence-corrected chi connectivity index (χ0v) is 17.2. The summed E-state index contributed by atoms with van der Waals surface area (Å²) in [7, 11) is 1.66. The summed E-state index contributed by atoms with van der Waals surface area (Å²) in [5.41, 5.74) is 1.38. The molecule has 0 saturated carbocycles. The van der Waals surface area contributed by atoms with Crippen molar-refractivity contribution in [1.29, 1.82) is 0 Å². The molecule has 2 atom stereocenters. The van der Waals surface area contributed by atoms with Crippen LogP contribution in [0.2, 0.25) is 0 Å². The highest BCUT2D eigenvalue weighted by Crippen LogP contribution is 2.31. The minimum atomic E-state index is -0.343. The van der Waals surface area contributed by atoms with Crippen LogP contribution in [0.15, 0.2) is 53.4 Å². The van der Waals surface area contributed by atoms with Crippen molar-refractivity contribution in [3.8, 4) is 11.5 Å². The molecule has 0 fully saturated rings. The number of benzene rings is 2. The summed E-state index contributed by atoms with van der Waals surface area (Å²) in [5.74, 6) is 2.91. The van der Waals surface area contributed by atoms with Crippen molar-refractivity contribution in [3.05, 3.63) is 54.1 Å². The molecule has 0 N–H and O–H groups in total. The third-order valence-electron chi connectivity index (χ3n) is 4.35. The molecule has 0 aliphatic rings. The fourth-order valence-corrected chi connectivity index (χ4v) is 3.49. The molecule has 2 rings (SSSR count). The van der Waals surface area contributed by atoms with Crippen LogP contribution in [-0.4, -0.2) is 13.4 Å². The smallest absolute Gasteiger partial charge is 0.209 e. The highest BCUT2D eigenvalue weighted by molar-refractivity contribution is 7.94. The Hall–Kier alpha value is -1.65. The van der Waals surface area contributed by atoms with Crippen LogP contribution in [0.25, 0.3) is 0 Å². The fourth-order valence-electron chi connectivity index (χ4n) is 2.96. The van der Waals surface area contributed by atoms with Crippen LogP contribution >= 0.6 is 12.0 Å². The third kappa shape index (κ3) is 6.26. The van der Waals surface area contributed by atoms with Crippen LogP contribution < -0.4 is 9.47 Å². The maximum absolute atomic E-state index is 5.87. The van der Waals surface area contributed by atoms with Crippen LogP contribution in [-0.2, 0) is 4.18 Å².